The second-order valence-corrected chi connectivity index (χ2v) is 11.6. The number of hydrogen-bond donors (Lipinski definition) is 2. The molecule has 208 valence electrons. The van der Waals surface area contributed by atoms with Gasteiger partial charge in [-0.05, 0) is 90.3 Å². The average molecular weight is 555 g/mol. The van der Waals surface area contributed by atoms with Gasteiger partial charge in [0.2, 0.25) is 0 Å². The smallest absolute Gasteiger partial charge is 0.0284 e. The number of nitrogens with one attached hydrogen (secondary N) is 2. The van der Waals surface area contributed by atoms with Crippen LogP contribution in [0.25, 0.3) is 65.3 Å². The predicted octanol–water partition coefficient (Wildman–Crippen LogP) is 11.0. The summed E-state index contributed by atoms with van der Waals surface area (Å²) in [5, 5.41) is 10.4. The van der Waals surface area contributed by atoms with Crippen LogP contribution in [0.3, 0.4) is 0 Å². The van der Waals surface area contributed by atoms with Gasteiger partial charge >= 0.3 is 0 Å². The van der Waals surface area contributed by atoms with Crippen molar-refractivity contribution >= 4 is 43.1 Å². The first-order valence-corrected chi connectivity index (χ1v) is 15.4. The van der Waals surface area contributed by atoms with Crippen LogP contribution in [0.2, 0.25) is 0 Å². The lowest BCUT2D eigenvalue weighted by Crippen LogP contribution is -1.98. The van der Waals surface area contributed by atoms with Gasteiger partial charge in [0, 0.05) is 41.3 Å². The van der Waals surface area contributed by atoms with Crippen LogP contribution in [-0.2, 0) is 19.3 Å². The molecule has 0 radical (unpaired) electrons. The molecular formula is C41H34N2. The summed E-state index contributed by atoms with van der Waals surface area (Å²) in [5.74, 6) is 0. The first-order valence-electron chi connectivity index (χ1n) is 15.4. The van der Waals surface area contributed by atoms with Gasteiger partial charge in [0.1, 0.15) is 0 Å². The molecule has 0 aliphatic rings. The predicted molar refractivity (Wildman–Crippen MR) is 184 cm³/mol. The largest absolute Gasteiger partial charge is 0.364 e. The van der Waals surface area contributed by atoms with Gasteiger partial charge < -0.3 is 9.97 Å². The molecule has 0 saturated heterocycles. The Balaban J connectivity index is 1.28. The Morgan fingerprint density at radius 3 is 1.09 bits per heavy atom. The minimum Gasteiger partial charge on any atom is -0.364 e. The van der Waals surface area contributed by atoms with E-state index in [9.17, 15) is 0 Å². The number of aromatic amines is 2. The van der Waals surface area contributed by atoms with Crippen LogP contribution < -0.4 is 0 Å². The lowest BCUT2D eigenvalue weighted by Gasteiger charge is -2.14. The second kappa shape index (κ2) is 10.3. The number of benzene rings is 6. The van der Waals surface area contributed by atoms with E-state index in [2.05, 4.69) is 145 Å². The van der Waals surface area contributed by atoms with E-state index in [1.54, 1.807) is 0 Å². The van der Waals surface area contributed by atoms with Crippen LogP contribution in [0, 0.1) is 0 Å². The summed E-state index contributed by atoms with van der Waals surface area (Å²) in [6.45, 7) is 4.57. The third-order valence-corrected chi connectivity index (χ3v) is 9.30. The minimum absolute atomic E-state index is 0.845. The van der Waals surface area contributed by atoms with E-state index in [1.807, 2.05) is 0 Å². The first-order chi connectivity index (χ1) is 21.2. The molecule has 0 aliphatic carbocycles. The maximum Gasteiger partial charge on any atom is 0.0284 e. The zero-order valence-electron chi connectivity index (χ0n) is 24.7. The topological polar surface area (TPSA) is 31.6 Å². The Kier molecular flexibility index (Phi) is 6.15. The Hall–Kier alpha value is -5.08. The lowest BCUT2D eigenvalue weighted by atomic mass is 9.89. The monoisotopic (exact) mass is 554 g/mol. The molecule has 0 saturated carbocycles. The van der Waals surface area contributed by atoms with E-state index in [4.69, 9.17) is 0 Å². The molecule has 6 aromatic carbocycles. The molecule has 2 aromatic heterocycles. The third-order valence-electron chi connectivity index (χ3n) is 9.30. The Morgan fingerprint density at radius 1 is 0.442 bits per heavy atom. The summed E-state index contributed by atoms with van der Waals surface area (Å²) in [6, 6.07) is 39.8. The van der Waals surface area contributed by atoms with Crippen molar-refractivity contribution in [2.24, 2.45) is 0 Å². The number of fused-ring (bicyclic) bond motifs is 4. The van der Waals surface area contributed by atoms with Crippen molar-refractivity contribution in [1.29, 1.82) is 0 Å². The van der Waals surface area contributed by atoms with Crippen molar-refractivity contribution < 1.29 is 0 Å². The number of aromatic nitrogens is 2. The molecule has 0 aliphatic heterocycles. The van der Waals surface area contributed by atoms with Crippen molar-refractivity contribution in [1.82, 2.24) is 9.97 Å². The van der Waals surface area contributed by atoms with Gasteiger partial charge in [-0.1, -0.05) is 111 Å². The molecule has 0 atom stereocenters. The van der Waals surface area contributed by atoms with Crippen molar-refractivity contribution in [3.63, 3.8) is 0 Å². The number of rotatable bonds is 6. The van der Waals surface area contributed by atoms with E-state index in [-0.39, 0.29) is 0 Å². The number of hydrogen-bond acceptors (Lipinski definition) is 0. The fourth-order valence-electron chi connectivity index (χ4n) is 7.35. The molecule has 43 heavy (non-hydrogen) atoms. The van der Waals surface area contributed by atoms with E-state index >= 15 is 0 Å². The van der Waals surface area contributed by atoms with Crippen molar-refractivity contribution in [3.05, 3.63) is 144 Å². The molecule has 2 nitrogen and oxygen atoms in total. The van der Waals surface area contributed by atoms with Crippen molar-refractivity contribution in [3.8, 4) is 22.3 Å². The second-order valence-electron chi connectivity index (χ2n) is 11.6. The van der Waals surface area contributed by atoms with E-state index < -0.39 is 0 Å². The minimum atomic E-state index is 0.845. The van der Waals surface area contributed by atoms with Crippen molar-refractivity contribution in [2.45, 2.75) is 33.1 Å². The third kappa shape index (κ3) is 4.09. The lowest BCUT2D eigenvalue weighted by molar-refractivity contribution is 0.972. The highest BCUT2D eigenvalue weighted by molar-refractivity contribution is 6.14. The summed E-state index contributed by atoms with van der Waals surface area (Å²) in [4.78, 5) is 7.48. The molecule has 2 heterocycles. The SMILES string of the molecule is CCc1c(-c2c3ccccc3cc3ccccc23)c[nH]c1Cc1[nH]cc(-c2c3ccccc3cc3ccccc23)c1CC. The maximum atomic E-state index is 3.74. The van der Waals surface area contributed by atoms with Crippen molar-refractivity contribution in [2.75, 3.05) is 0 Å². The molecule has 2 N–H and O–H groups in total. The fourth-order valence-corrected chi connectivity index (χ4v) is 7.35. The molecule has 8 aromatic rings. The zero-order chi connectivity index (χ0) is 28.9. The summed E-state index contributed by atoms with van der Waals surface area (Å²) >= 11 is 0. The quantitative estimate of drug-likeness (QED) is 0.192. The van der Waals surface area contributed by atoms with E-state index in [1.165, 1.54) is 87.9 Å². The molecule has 0 spiro atoms. The van der Waals surface area contributed by atoms with E-state index in [0.29, 0.717) is 0 Å². The normalized spacial score (nSPS) is 11.8. The molecule has 0 amide bonds. The first kappa shape index (κ1) is 25.6. The standard InChI is InChI=1S/C41H34N2/c1-3-30-36(40-32-17-9-5-13-26(32)21-27-14-6-10-18-33(27)40)24-42-38(30)23-39-31(4-2)37(25-43-39)41-34-19-11-7-15-28(34)22-29-16-8-12-20-35(29)41/h5-22,24-25,42-43H,3-4,23H2,1-2H3. The van der Waals surface area contributed by atoms with Gasteiger partial charge in [-0.2, -0.15) is 0 Å². The average Bonchev–Trinajstić information content (AvgIpc) is 3.65. The van der Waals surface area contributed by atoms with Crippen LogP contribution >= 0.6 is 0 Å². The molecule has 2 heteroatoms. The zero-order valence-corrected chi connectivity index (χ0v) is 24.7. The number of H-pyrrole nitrogens is 2. The Labute approximate surface area is 252 Å². The molecule has 8 rings (SSSR count). The van der Waals surface area contributed by atoms with E-state index in [0.717, 1.165) is 19.3 Å². The van der Waals surface area contributed by atoms with Crippen LogP contribution in [0.4, 0.5) is 0 Å². The summed E-state index contributed by atoms with van der Waals surface area (Å²) in [7, 11) is 0. The molecule has 0 bridgehead atoms. The van der Waals surface area contributed by atoms with Gasteiger partial charge in [-0.3, -0.25) is 0 Å². The maximum absolute atomic E-state index is 3.74. The highest BCUT2D eigenvalue weighted by Crippen LogP contribution is 2.42. The van der Waals surface area contributed by atoms with Crippen LogP contribution in [0.15, 0.2) is 122 Å². The highest BCUT2D eigenvalue weighted by Gasteiger charge is 2.21. The molecule has 0 unspecified atom stereocenters. The highest BCUT2D eigenvalue weighted by atomic mass is 14.7. The van der Waals surface area contributed by atoms with Gasteiger partial charge in [-0.25, -0.2) is 0 Å². The van der Waals surface area contributed by atoms with Gasteiger partial charge in [0.05, 0.1) is 0 Å². The van der Waals surface area contributed by atoms with Crippen LogP contribution in [0.5, 0.6) is 0 Å². The molecule has 0 fully saturated rings. The van der Waals surface area contributed by atoms with Gasteiger partial charge in [0.15, 0.2) is 0 Å². The fraction of sp³-hybridized carbons (Fsp3) is 0.122. The van der Waals surface area contributed by atoms with Gasteiger partial charge in [0.25, 0.3) is 0 Å². The summed E-state index contributed by atoms with van der Waals surface area (Å²) < 4.78 is 0. The Bertz CT molecular complexity index is 2020. The summed E-state index contributed by atoms with van der Waals surface area (Å²) in [5.41, 5.74) is 10.7. The van der Waals surface area contributed by atoms with Gasteiger partial charge in [-0.15, -0.1) is 0 Å². The van der Waals surface area contributed by atoms with Crippen LogP contribution in [0.1, 0.15) is 36.4 Å². The molecular weight excluding hydrogens is 520 g/mol. The van der Waals surface area contributed by atoms with Crippen LogP contribution in [-0.4, -0.2) is 9.97 Å². The Morgan fingerprint density at radius 2 is 0.767 bits per heavy atom. The summed E-state index contributed by atoms with van der Waals surface area (Å²) in [6.07, 6.45) is 7.27.